The van der Waals surface area contributed by atoms with Gasteiger partial charge in [-0.25, -0.2) is 0 Å². The van der Waals surface area contributed by atoms with Crippen LogP contribution in [0.1, 0.15) is 18.2 Å². The highest BCUT2D eigenvalue weighted by Gasteiger charge is 2.25. The molecule has 0 spiro atoms. The van der Waals surface area contributed by atoms with E-state index >= 15 is 0 Å². The predicted molar refractivity (Wildman–Crippen MR) is 111 cm³/mol. The smallest absolute Gasteiger partial charge is 0.237 e. The minimum absolute atomic E-state index is 0.0545. The highest BCUT2D eigenvalue weighted by atomic mass is 16.3. The van der Waals surface area contributed by atoms with Crippen LogP contribution in [0.5, 0.6) is 0 Å². The van der Waals surface area contributed by atoms with Crippen molar-refractivity contribution >= 4 is 16.7 Å². The van der Waals surface area contributed by atoms with Gasteiger partial charge in [-0.15, -0.1) is 0 Å². The normalized spacial score (nSPS) is 16.9. The third-order valence-corrected chi connectivity index (χ3v) is 5.62. The number of hydrogen-bond acceptors (Lipinski definition) is 4. The lowest BCUT2D eigenvalue weighted by atomic mass is 10.0. The number of furan rings is 1. The Bertz CT molecular complexity index is 909. The number of hydrogen-bond donors (Lipinski definition) is 1. The van der Waals surface area contributed by atoms with E-state index in [1.165, 1.54) is 16.3 Å². The lowest BCUT2D eigenvalue weighted by Gasteiger charge is -2.37. The van der Waals surface area contributed by atoms with Crippen LogP contribution in [0.2, 0.25) is 0 Å². The van der Waals surface area contributed by atoms with Crippen molar-refractivity contribution in [2.24, 2.45) is 0 Å². The molecule has 1 amide bonds. The zero-order valence-electron chi connectivity index (χ0n) is 16.3. The Morgan fingerprint density at radius 1 is 1.04 bits per heavy atom. The van der Waals surface area contributed by atoms with Crippen LogP contribution in [0.15, 0.2) is 65.3 Å². The van der Waals surface area contributed by atoms with Crippen molar-refractivity contribution in [3.05, 3.63) is 72.2 Å². The SMILES string of the molecule is CC(C(=O)NCc1ccco1)N1CCN(Cc2cccc3ccccc23)CC1. The van der Waals surface area contributed by atoms with Gasteiger partial charge in [0.2, 0.25) is 5.91 Å². The van der Waals surface area contributed by atoms with Crippen LogP contribution in [-0.4, -0.2) is 47.9 Å². The molecular formula is C23H27N3O2. The van der Waals surface area contributed by atoms with E-state index in [1.54, 1.807) is 6.26 Å². The molecular weight excluding hydrogens is 350 g/mol. The van der Waals surface area contributed by atoms with E-state index in [9.17, 15) is 4.79 Å². The molecule has 146 valence electrons. The highest BCUT2D eigenvalue weighted by Crippen LogP contribution is 2.20. The number of carbonyl (C=O) groups is 1. The number of amides is 1. The molecule has 2 heterocycles. The van der Waals surface area contributed by atoms with E-state index in [0.717, 1.165) is 38.5 Å². The molecule has 1 N–H and O–H groups in total. The van der Waals surface area contributed by atoms with E-state index in [4.69, 9.17) is 4.42 Å². The second-order valence-corrected chi connectivity index (χ2v) is 7.42. The molecule has 1 unspecified atom stereocenters. The zero-order valence-corrected chi connectivity index (χ0v) is 16.3. The van der Waals surface area contributed by atoms with Crippen LogP contribution >= 0.6 is 0 Å². The Hall–Kier alpha value is -2.63. The fourth-order valence-corrected chi connectivity index (χ4v) is 3.88. The van der Waals surface area contributed by atoms with Gasteiger partial charge in [0.25, 0.3) is 0 Å². The number of carbonyl (C=O) groups excluding carboxylic acids is 1. The van der Waals surface area contributed by atoms with Crippen LogP contribution in [0.3, 0.4) is 0 Å². The van der Waals surface area contributed by atoms with Crippen LogP contribution < -0.4 is 5.32 Å². The van der Waals surface area contributed by atoms with Crippen molar-refractivity contribution in [1.82, 2.24) is 15.1 Å². The second-order valence-electron chi connectivity index (χ2n) is 7.42. The van der Waals surface area contributed by atoms with Crippen molar-refractivity contribution in [2.45, 2.75) is 26.1 Å². The summed E-state index contributed by atoms with van der Waals surface area (Å²) < 4.78 is 5.28. The molecule has 4 rings (SSSR count). The summed E-state index contributed by atoms with van der Waals surface area (Å²) in [6.07, 6.45) is 1.63. The van der Waals surface area contributed by atoms with Gasteiger partial charge in [-0.1, -0.05) is 42.5 Å². The predicted octanol–water partition coefficient (Wildman–Crippen LogP) is 3.26. The largest absolute Gasteiger partial charge is 0.467 e. The summed E-state index contributed by atoms with van der Waals surface area (Å²) in [5, 5.41) is 5.59. The summed E-state index contributed by atoms with van der Waals surface area (Å²) >= 11 is 0. The van der Waals surface area contributed by atoms with E-state index in [2.05, 4.69) is 57.6 Å². The van der Waals surface area contributed by atoms with E-state index in [0.29, 0.717) is 6.54 Å². The number of nitrogens with one attached hydrogen (secondary N) is 1. The maximum atomic E-state index is 12.4. The summed E-state index contributed by atoms with van der Waals surface area (Å²) in [6, 6.07) is 18.7. The zero-order chi connectivity index (χ0) is 19.3. The first-order valence-electron chi connectivity index (χ1n) is 9.94. The molecule has 5 nitrogen and oxygen atoms in total. The average molecular weight is 377 g/mol. The van der Waals surface area contributed by atoms with Crippen molar-refractivity contribution in [2.75, 3.05) is 26.2 Å². The first-order chi connectivity index (χ1) is 13.7. The molecule has 2 aromatic carbocycles. The molecule has 5 heteroatoms. The summed E-state index contributed by atoms with van der Waals surface area (Å²) in [5.74, 6) is 0.833. The Balaban J connectivity index is 1.29. The Kier molecular flexibility index (Phi) is 5.74. The molecule has 0 saturated carbocycles. The maximum absolute atomic E-state index is 12.4. The second kappa shape index (κ2) is 8.59. The van der Waals surface area contributed by atoms with Crippen LogP contribution in [-0.2, 0) is 17.9 Å². The van der Waals surface area contributed by atoms with Crippen LogP contribution in [0.4, 0.5) is 0 Å². The van der Waals surface area contributed by atoms with Gasteiger partial charge in [0, 0.05) is 32.7 Å². The molecule has 1 atom stereocenters. The molecule has 0 bridgehead atoms. The molecule has 28 heavy (non-hydrogen) atoms. The summed E-state index contributed by atoms with van der Waals surface area (Å²) in [5.41, 5.74) is 1.37. The Morgan fingerprint density at radius 2 is 1.82 bits per heavy atom. The molecule has 1 aliphatic heterocycles. The quantitative estimate of drug-likeness (QED) is 0.716. The number of fused-ring (bicyclic) bond motifs is 1. The number of nitrogens with zero attached hydrogens (tertiary/aromatic N) is 2. The average Bonchev–Trinajstić information content (AvgIpc) is 3.26. The number of piperazine rings is 1. The lowest BCUT2D eigenvalue weighted by molar-refractivity contribution is -0.126. The topological polar surface area (TPSA) is 48.7 Å². The summed E-state index contributed by atoms with van der Waals surface area (Å²) in [6.45, 7) is 7.13. The minimum Gasteiger partial charge on any atom is -0.467 e. The van der Waals surface area contributed by atoms with Crippen molar-refractivity contribution in [3.8, 4) is 0 Å². The molecule has 3 aromatic rings. The number of benzene rings is 2. The monoisotopic (exact) mass is 377 g/mol. The minimum atomic E-state index is -0.130. The standard InChI is InChI=1S/C23H27N3O2/c1-18(23(27)24-16-21-9-5-15-28-21)26-13-11-25(12-14-26)17-20-8-4-7-19-6-2-3-10-22(19)20/h2-10,15,18H,11-14,16-17H2,1H3,(H,24,27). The third-order valence-electron chi connectivity index (χ3n) is 5.62. The molecule has 1 fully saturated rings. The van der Waals surface area contributed by atoms with Gasteiger partial charge in [0.15, 0.2) is 0 Å². The van der Waals surface area contributed by atoms with E-state index in [1.807, 2.05) is 19.1 Å². The van der Waals surface area contributed by atoms with Crippen molar-refractivity contribution in [1.29, 1.82) is 0 Å². The van der Waals surface area contributed by atoms with Gasteiger partial charge in [0.05, 0.1) is 18.8 Å². The first-order valence-corrected chi connectivity index (χ1v) is 9.94. The van der Waals surface area contributed by atoms with Crippen molar-refractivity contribution in [3.63, 3.8) is 0 Å². The van der Waals surface area contributed by atoms with Gasteiger partial charge in [-0.05, 0) is 35.4 Å². The Morgan fingerprint density at radius 3 is 2.61 bits per heavy atom. The van der Waals surface area contributed by atoms with Gasteiger partial charge in [0.1, 0.15) is 5.76 Å². The molecule has 0 aliphatic carbocycles. The molecule has 1 aliphatic rings. The molecule has 1 saturated heterocycles. The number of rotatable bonds is 6. The van der Waals surface area contributed by atoms with Gasteiger partial charge in [-0.2, -0.15) is 0 Å². The maximum Gasteiger partial charge on any atom is 0.237 e. The fourth-order valence-electron chi connectivity index (χ4n) is 3.88. The van der Waals surface area contributed by atoms with Gasteiger partial charge >= 0.3 is 0 Å². The van der Waals surface area contributed by atoms with Crippen molar-refractivity contribution < 1.29 is 9.21 Å². The highest BCUT2D eigenvalue weighted by molar-refractivity contribution is 5.85. The van der Waals surface area contributed by atoms with E-state index in [-0.39, 0.29) is 11.9 Å². The summed E-state index contributed by atoms with van der Waals surface area (Å²) in [7, 11) is 0. The van der Waals surface area contributed by atoms with Gasteiger partial charge in [-0.3, -0.25) is 14.6 Å². The fraction of sp³-hybridized carbons (Fsp3) is 0.348. The van der Waals surface area contributed by atoms with E-state index < -0.39 is 0 Å². The first kappa shape index (κ1) is 18.7. The summed E-state index contributed by atoms with van der Waals surface area (Å²) in [4.78, 5) is 17.2. The molecule has 1 aromatic heterocycles. The molecule has 0 radical (unpaired) electrons. The Labute approximate surface area is 165 Å². The van der Waals surface area contributed by atoms with Crippen LogP contribution in [0.25, 0.3) is 10.8 Å². The van der Waals surface area contributed by atoms with Crippen LogP contribution in [0, 0.1) is 0 Å². The van der Waals surface area contributed by atoms with Gasteiger partial charge < -0.3 is 9.73 Å². The third kappa shape index (κ3) is 4.26. The lowest BCUT2D eigenvalue weighted by Crippen LogP contribution is -2.53.